The minimum Gasteiger partial charge on any atom is -0.379 e. The number of nitrogens with one attached hydrogen (secondary N) is 1. The highest BCUT2D eigenvalue weighted by molar-refractivity contribution is 7.18. The van der Waals surface area contributed by atoms with Crippen molar-refractivity contribution in [3.8, 4) is 0 Å². The molecule has 0 fully saturated rings. The monoisotopic (exact) mass is 317 g/mol. The van der Waals surface area contributed by atoms with E-state index in [9.17, 15) is 0 Å². The molecule has 0 amide bonds. The second-order valence-corrected chi connectivity index (χ2v) is 8.26. The van der Waals surface area contributed by atoms with Crippen molar-refractivity contribution >= 4 is 38.6 Å². The number of nitrogens with zero attached hydrogens (tertiary/aromatic N) is 2. The van der Waals surface area contributed by atoms with Gasteiger partial charge in [-0.3, -0.25) is 0 Å². The smallest absolute Gasteiger partial charge is 0.0982 e. The molecule has 2 aromatic heterocycles. The molecule has 21 heavy (non-hydrogen) atoms. The van der Waals surface area contributed by atoms with Crippen LogP contribution in [0.25, 0.3) is 10.2 Å². The van der Waals surface area contributed by atoms with Crippen molar-refractivity contribution in [1.82, 2.24) is 9.97 Å². The van der Waals surface area contributed by atoms with Gasteiger partial charge in [-0.2, -0.15) is 0 Å². The summed E-state index contributed by atoms with van der Waals surface area (Å²) in [4.78, 5) is 9.19. The molecule has 3 nitrogen and oxygen atoms in total. The van der Waals surface area contributed by atoms with Crippen LogP contribution in [0.15, 0.2) is 23.6 Å². The van der Waals surface area contributed by atoms with Gasteiger partial charge in [0.1, 0.15) is 0 Å². The molecular formula is C16H19N3S2. The lowest BCUT2D eigenvalue weighted by molar-refractivity contribution is 0.583. The molecule has 0 radical (unpaired) electrons. The molecule has 0 saturated carbocycles. The van der Waals surface area contributed by atoms with Gasteiger partial charge in [-0.05, 0) is 25.1 Å². The fourth-order valence-electron chi connectivity index (χ4n) is 2.08. The molecule has 0 spiro atoms. The van der Waals surface area contributed by atoms with E-state index in [1.807, 2.05) is 6.92 Å². The Balaban J connectivity index is 1.72. The maximum absolute atomic E-state index is 4.71. The molecule has 0 bridgehead atoms. The first-order valence-electron chi connectivity index (χ1n) is 6.98. The molecule has 3 rings (SSSR count). The third-order valence-electron chi connectivity index (χ3n) is 3.16. The fourth-order valence-corrected chi connectivity index (χ4v) is 3.85. The first-order chi connectivity index (χ1) is 9.91. The minimum atomic E-state index is 0.127. The first kappa shape index (κ1) is 14.5. The van der Waals surface area contributed by atoms with Crippen LogP contribution in [0, 0.1) is 6.92 Å². The first-order valence-corrected chi connectivity index (χ1v) is 8.67. The number of hydrogen-bond donors (Lipinski definition) is 1. The maximum Gasteiger partial charge on any atom is 0.0982 e. The molecule has 110 valence electrons. The van der Waals surface area contributed by atoms with Gasteiger partial charge in [0, 0.05) is 16.5 Å². The summed E-state index contributed by atoms with van der Waals surface area (Å²) in [6.07, 6.45) is 0. The summed E-state index contributed by atoms with van der Waals surface area (Å²) in [6, 6.07) is 6.32. The zero-order chi connectivity index (χ0) is 15.0. The minimum absolute atomic E-state index is 0.127. The molecular weight excluding hydrogens is 298 g/mol. The third-order valence-corrected chi connectivity index (χ3v) is 5.41. The van der Waals surface area contributed by atoms with E-state index in [1.165, 1.54) is 9.71 Å². The highest BCUT2D eigenvalue weighted by Crippen LogP contribution is 2.27. The van der Waals surface area contributed by atoms with Crippen molar-refractivity contribution in [2.45, 2.75) is 39.7 Å². The van der Waals surface area contributed by atoms with E-state index in [2.05, 4.69) is 54.7 Å². The van der Waals surface area contributed by atoms with Gasteiger partial charge in [0.15, 0.2) is 0 Å². The van der Waals surface area contributed by atoms with E-state index in [0.29, 0.717) is 0 Å². The molecule has 0 aliphatic carbocycles. The van der Waals surface area contributed by atoms with Gasteiger partial charge in [0.05, 0.1) is 32.5 Å². The maximum atomic E-state index is 4.71. The number of thiazole rings is 2. The van der Waals surface area contributed by atoms with E-state index >= 15 is 0 Å². The van der Waals surface area contributed by atoms with Crippen LogP contribution in [0.4, 0.5) is 5.69 Å². The fraction of sp³-hybridized carbons (Fsp3) is 0.375. The van der Waals surface area contributed by atoms with Crippen LogP contribution in [0.5, 0.6) is 0 Å². The lowest BCUT2D eigenvalue weighted by atomic mass is 9.98. The predicted octanol–water partition coefficient (Wildman–Crippen LogP) is 4.97. The highest BCUT2D eigenvalue weighted by Gasteiger charge is 2.17. The lowest BCUT2D eigenvalue weighted by Crippen LogP contribution is -2.11. The molecule has 1 aromatic carbocycles. The van der Waals surface area contributed by atoms with Crippen molar-refractivity contribution in [2.75, 3.05) is 5.32 Å². The molecule has 0 unspecified atom stereocenters. The number of hydrogen-bond acceptors (Lipinski definition) is 5. The van der Waals surface area contributed by atoms with Gasteiger partial charge in [-0.25, -0.2) is 9.97 Å². The van der Waals surface area contributed by atoms with Crippen molar-refractivity contribution < 1.29 is 0 Å². The van der Waals surface area contributed by atoms with E-state index < -0.39 is 0 Å². The van der Waals surface area contributed by atoms with Crippen molar-refractivity contribution in [2.24, 2.45) is 0 Å². The summed E-state index contributed by atoms with van der Waals surface area (Å²) < 4.78 is 1.23. The van der Waals surface area contributed by atoms with Gasteiger partial charge in [0.25, 0.3) is 0 Å². The zero-order valence-corrected chi connectivity index (χ0v) is 14.4. The quantitative estimate of drug-likeness (QED) is 0.741. The Hall–Kier alpha value is -1.46. The van der Waals surface area contributed by atoms with Crippen molar-refractivity contribution in [3.05, 3.63) is 39.3 Å². The number of rotatable bonds is 3. The van der Waals surface area contributed by atoms with Crippen LogP contribution in [0.3, 0.4) is 0 Å². The zero-order valence-electron chi connectivity index (χ0n) is 12.7. The summed E-state index contributed by atoms with van der Waals surface area (Å²) in [5, 5.41) is 7.89. The molecule has 0 atom stereocenters. The highest BCUT2D eigenvalue weighted by atomic mass is 32.1. The second-order valence-electron chi connectivity index (χ2n) is 6.16. The number of benzene rings is 1. The Morgan fingerprint density at radius 2 is 2.00 bits per heavy atom. The van der Waals surface area contributed by atoms with Crippen LogP contribution >= 0.6 is 22.7 Å². The summed E-state index contributed by atoms with van der Waals surface area (Å²) in [7, 11) is 0. The Labute approximate surface area is 133 Å². The molecule has 3 aromatic rings. The average molecular weight is 317 g/mol. The van der Waals surface area contributed by atoms with Crippen LogP contribution in [0.1, 0.15) is 36.5 Å². The molecule has 0 aliphatic heterocycles. The number of fused-ring (bicyclic) bond motifs is 1. The normalized spacial score (nSPS) is 12.0. The standard InChI is InChI=1S/C16H19N3S2/c1-10-18-13-6-5-11(7-14(13)21-10)17-8-12-9-20-15(19-12)16(2,3)4/h5-7,9,17H,8H2,1-4H3. The molecule has 1 N–H and O–H groups in total. The number of aryl methyl sites for hydroxylation is 1. The largest absolute Gasteiger partial charge is 0.379 e. The van der Waals surface area contributed by atoms with Crippen LogP contribution in [-0.2, 0) is 12.0 Å². The summed E-state index contributed by atoms with van der Waals surface area (Å²) in [5.41, 5.74) is 3.43. The molecule has 5 heteroatoms. The summed E-state index contributed by atoms with van der Waals surface area (Å²) >= 11 is 3.47. The van der Waals surface area contributed by atoms with Crippen LogP contribution in [0.2, 0.25) is 0 Å². The summed E-state index contributed by atoms with van der Waals surface area (Å²) in [6.45, 7) is 9.40. The van der Waals surface area contributed by atoms with E-state index in [1.54, 1.807) is 22.7 Å². The number of aromatic nitrogens is 2. The van der Waals surface area contributed by atoms with E-state index in [4.69, 9.17) is 4.98 Å². The summed E-state index contributed by atoms with van der Waals surface area (Å²) in [5.74, 6) is 0. The molecule has 2 heterocycles. The Morgan fingerprint density at radius 3 is 2.71 bits per heavy atom. The van der Waals surface area contributed by atoms with E-state index in [0.717, 1.165) is 28.5 Å². The Bertz CT molecular complexity index is 765. The van der Waals surface area contributed by atoms with Gasteiger partial charge >= 0.3 is 0 Å². The second kappa shape index (κ2) is 5.39. The average Bonchev–Trinajstić information content (AvgIpc) is 3.00. The lowest BCUT2D eigenvalue weighted by Gasteiger charge is -2.13. The predicted molar refractivity (Wildman–Crippen MR) is 92.5 cm³/mol. The van der Waals surface area contributed by atoms with Crippen molar-refractivity contribution in [1.29, 1.82) is 0 Å². The Kier molecular flexibility index (Phi) is 3.71. The van der Waals surface area contributed by atoms with E-state index in [-0.39, 0.29) is 5.41 Å². The number of anilines is 1. The van der Waals surface area contributed by atoms with Gasteiger partial charge in [0.2, 0.25) is 0 Å². The molecule has 0 aliphatic rings. The van der Waals surface area contributed by atoms with Gasteiger partial charge in [-0.1, -0.05) is 20.8 Å². The topological polar surface area (TPSA) is 37.8 Å². The molecule has 0 saturated heterocycles. The SMILES string of the molecule is Cc1nc2ccc(NCc3csc(C(C)(C)C)n3)cc2s1. The van der Waals surface area contributed by atoms with Crippen LogP contribution < -0.4 is 5.32 Å². The Morgan fingerprint density at radius 1 is 1.19 bits per heavy atom. The van der Waals surface area contributed by atoms with Crippen LogP contribution in [-0.4, -0.2) is 9.97 Å². The van der Waals surface area contributed by atoms with Gasteiger partial charge in [-0.15, -0.1) is 22.7 Å². The van der Waals surface area contributed by atoms with Gasteiger partial charge < -0.3 is 5.32 Å². The third kappa shape index (κ3) is 3.24. The van der Waals surface area contributed by atoms with Crippen molar-refractivity contribution in [3.63, 3.8) is 0 Å².